The van der Waals surface area contributed by atoms with Gasteiger partial charge in [0.05, 0.1) is 0 Å². The van der Waals surface area contributed by atoms with Crippen LogP contribution in [-0.4, -0.2) is 11.8 Å². The van der Waals surface area contributed by atoms with Crippen LogP contribution in [0.25, 0.3) is 0 Å². The molecule has 0 radical (unpaired) electrons. The van der Waals surface area contributed by atoms with Crippen molar-refractivity contribution in [2.75, 3.05) is 6.26 Å². The summed E-state index contributed by atoms with van der Waals surface area (Å²) in [5, 5.41) is 0. The average molecular weight is 148 g/mol. The monoisotopic (exact) mass is 148 g/mol. The molecule has 0 aromatic heterocycles. The van der Waals surface area contributed by atoms with Gasteiger partial charge in [0.25, 0.3) is 0 Å². The van der Waals surface area contributed by atoms with Crippen LogP contribution in [0.5, 0.6) is 0 Å². The highest BCUT2D eigenvalue weighted by Crippen LogP contribution is 2.37. The number of hydrogen-bond acceptors (Lipinski definition) is 2. The zero-order chi connectivity index (χ0) is 5.91. The molecule has 0 heterocycles. The van der Waals surface area contributed by atoms with Gasteiger partial charge in [0.2, 0.25) is 0 Å². The minimum absolute atomic E-state index is 0.0949. The predicted molar refractivity (Wildman–Crippen MR) is 27.2 cm³/mol. The highest BCUT2D eigenvalue weighted by Gasteiger charge is 2.27. The fourth-order valence-electron chi connectivity index (χ4n) is 0.0945. The van der Waals surface area contributed by atoms with E-state index in [0.29, 0.717) is 10.8 Å². The average Bonchev–Trinajstić information content (AvgIpc) is 1.30. The molecule has 0 bridgehead atoms. The first-order chi connectivity index (χ1) is 3.06. The second-order valence-corrected chi connectivity index (χ2v) is 3.16. The normalized spacial score (nSPS) is 12.0. The van der Waals surface area contributed by atoms with E-state index < -0.39 is 5.51 Å². The van der Waals surface area contributed by atoms with Crippen LogP contribution < -0.4 is 0 Å². The van der Waals surface area contributed by atoms with Crippen molar-refractivity contribution < 1.29 is 13.2 Å². The highest BCUT2D eigenvalue weighted by atomic mass is 33.1. The molecule has 0 amide bonds. The molecule has 0 aromatic carbocycles. The molecule has 0 aliphatic heterocycles. The van der Waals surface area contributed by atoms with Crippen molar-refractivity contribution in [3.05, 3.63) is 0 Å². The van der Waals surface area contributed by atoms with E-state index in [-0.39, 0.29) is 10.8 Å². The van der Waals surface area contributed by atoms with E-state index in [1.165, 1.54) is 6.26 Å². The van der Waals surface area contributed by atoms with Gasteiger partial charge in [-0.3, -0.25) is 0 Å². The van der Waals surface area contributed by atoms with Gasteiger partial charge in [0.15, 0.2) is 0 Å². The van der Waals surface area contributed by atoms with Gasteiger partial charge in [0.1, 0.15) is 0 Å². The Bertz CT molecular complexity index is 49.4. The van der Waals surface area contributed by atoms with Gasteiger partial charge in [-0.2, -0.15) is 13.2 Å². The SMILES string of the molecule is CSSC(F)(F)F. The fourth-order valence-corrected chi connectivity index (χ4v) is 0.850. The van der Waals surface area contributed by atoms with Crippen LogP contribution in [0.2, 0.25) is 0 Å². The first-order valence-electron chi connectivity index (χ1n) is 1.35. The molecule has 44 valence electrons. The van der Waals surface area contributed by atoms with Gasteiger partial charge in [0, 0.05) is 10.8 Å². The van der Waals surface area contributed by atoms with E-state index in [9.17, 15) is 13.2 Å². The minimum atomic E-state index is -4.07. The molecule has 0 atom stereocenters. The van der Waals surface area contributed by atoms with E-state index in [2.05, 4.69) is 0 Å². The number of halogens is 3. The van der Waals surface area contributed by atoms with Gasteiger partial charge in [-0.25, -0.2) is 0 Å². The van der Waals surface area contributed by atoms with E-state index in [0.717, 1.165) is 0 Å². The second kappa shape index (κ2) is 2.71. The summed E-state index contributed by atoms with van der Waals surface area (Å²) in [6.07, 6.45) is 1.39. The summed E-state index contributed by atoms with van der Waals surface area (Å²) >= 11 is 0. The molecule has 5 heteroatoms. The topological polar surface area (TPSA) is 0 Å². The second-order valence-electron chi connectivity index (χ2n) is 0.696. The Morgan fingerprint density at radius 3 is 1.71 bits per heavy atom. The van der Waals surface area contributed by atoms with Crippen LogP contribution >= 0.6 is 21.6 Å². The lowest BCUT2D eigenvalue weighted by Crippen LogP contribution is -1.95. The third-order valence-corrected chi connectivity index (χ3v) is 1.60. The Hall–Kier alpha value is 0.490. The molecule has 0 N–H and O–H groups in total. The van der Waals surface area contributed by atoms with Crippen LogP contribution in [0.1, 0.15) is 0 Å². The van der Waals surface area contributed by atoms with Gasteiger partial charge in [-0.15, -0.1) is 0 Å². The molecule has 0 rings (SSSR count). The Balaban J connectivity index is 3.15. The van der Waals surface area contributed by atoms with Crippen molar-refractivity contribution in [2.24, 2.45) is 0 Å². The standard InChI is InChI=1S/C2H3F3S2/c1-6-7-2(3,4)5/h1H3. The van der Waals surface area contributed by atoms with E-state index in [4.69, 9.17) is 0 Å². The molecule has 0 saturated heterocycles. The van der Waals surface area contributed by atoms with E-state index in [1.54, 1.807) is 0 Å². The van der Waals surface area contributed by atoms with Crippen LogP contribution in [0.15, 0.2) is 0 Å². The minimum Gasteiger partial charge on any atom is -0.160 e. The maximum atomic E-state index is 11.0. The summed E-state index contributed by atoms with van der Waals surface area (Å²) in [5.74, 6) is 0. The van der Waals surface area contributed by atoms with Gasteiger partial charge < -0.3 is 0 Å². The maximum absolute atomic E-state index is 11.0. The Morgan fingerprint density at radius 2 is 1.71 bits per heavy atom. The van der Waals surface area contributed by atoms with E-state index >= 15 is 0 Å². The van der Waals surface area contributed by atoms with Gasteiger partial charge in [-0.05, 0) is 6.26 Å². The molecule has 0 aliphatic carbocycles. The van der Waals surface area contributed by atoms with Crippen molar-refractivity contribution >= 4 is 21.6 Å². The van der Waals surface area contributed by atoms with Crippen molar-refractivity contribution in [3.8, 4) is 0 Å². The lowest BCUT2D eigenvalue weighted by atomic mass is 11.6. The highest BCUT2D eigenvalue weighted by molar-refractivity contribution is 8.76. The smallest absolute Gasteiger partial charge is 0.160 e. The number of alkyl halides is 3. The molecule has 0 fully saturated rings. The van der Waals surface area contributed by atoms with Crippen molar-refractivity contribution in [1.82, 2.24) is 0 Å². The maximum Gasteiger partial charge on any atom is 0.452 e. The Kier molecular flexibility index (Phi) is 2.90. The summed E-state index contributed by atoms with van der Waals surface area (Å²) in [7, 11) is 0.605. The van der Waals surface area contributed by atoms with Crippen LogP contribution in [-0.2, 0) is 0 Å². The van der Waals surface area contributed by atoms with Gasteiger partial charge >= 0.3 is 5.51 Å². The number of hydrogen-bond donors (Lipinski definition) is 0. The van der Waals surface area contributed by atoms with Crippen molar-refractivity contribution in [3.63, 3.8) is 0 Å². The van der Waals surface area contributed by atoms with E-state index in [1.807, 2.05) is 0 Å². The molecular weight excluding hydrogens is 145 g/mol. The Morgan fingerprint density at radius 1 is 1.29 bits per heavy atom. The third-order valence-electron chi connectivity index (χ3n) is 0.178. The lowest BCUT2D eigenvalue weighted by Gasteiger charge is -1.98. The summed E-state index contributed by atoms with van der Waals surface area (Å²) in [6, 6.07) is 0. The first-order valence-corrected chi connectivity index (χ1v) is 3.90. The molecule has 0 nitrogen and oxygen atoms in total. The first kappa shape index (κ1) is 7.49. The third kappa shape index (κ3) is 6.49. The van der Waals surface area contributed by atoms with Gasteiger partial charge in [-0.1, -0.05) is 10.8 Å². The summed E-state index contributed by atoms with van der Waals surface area (Å²) < 4.78 is 33.0. The molecule has 7 heavy (non-hydrogen) atoms. The zero-order valence-electron chi connectivity index (χ0n) is 3.45. The molecular formula is C2H3F3S2. The number of rotatable bonds is 1. The lowest BCUT2D eigenvalue weighted by molar-refractivity contribution is -0.0311. The molecule has 0 unspecified atom stereocenters. The quantitative estimate of drug-likeness (QED) is 0.524. The fraction of sp³-hybridized carbons (Fsp3) is 1.00. The molecule has 0 aliphatic rings. The van der Waals surface area contributed by atoms with Crippen LogP contribution in [0, 0.1) is 0 Å². The van der Waals surface area contributed by atoms with Crippen LogP contribution in [0.4, 0.5) is 13.2 Å². The van der Waals surface area contributed by atoms with Crippen molar-refractivity contribution in [1.29, 1.82) is 0 Å². The Labute approximate surface area is 47.2 Å². The van der Waals surface area contributed by atoms with Crippen LogP contribution in [0.3, 0.4) is 0 Å². The molecule has 0 aromatic rings. The zero-order valence-corrected chi connectivity index (χ0v) is 5.08. The van der Waals surface area contributed by atoms with Crippen molar-refractivity contribution in [2.45, 2.75) is 5.51 Å². The molecule has 0 spiro atoms. The largest absolute Gasteiger partial charge is 0.452 e. The summed E-state index contributed by atoms with van der Waals surface area (Å²) in [6.45, 7) is 0. The predicted octanol–water partition coefficient (Wildman–Crippen LogP) is 2.52. The molecule has 0 saturated carbocycles. The summed E-state index contributed by atoms with van der Waals surface area (Å²) in [4.78, 5) is 0. The summed E-state index contributed by atoms with van der Waals surface area (Å²) in [5.41, 5.74) is -4.07.